The van der Waals surface area contributed by atoms with Crippen LogP contribution in [0.5, 0.6) is 0 Å². The molecule has 6 nitrogen and oxygen atoms in total. The quantitative estimate of drug-likeness (QED) is 0.575. The summed E-state index contributed by atoms with van der Waals surface area (Å²) in [5.41, 5.74) is 1.87. The molecule has 8 heteroatoms. The molecule has 0 spiro atoms. The van der Waals surface area contributed by atoms with Gasteiger partial charge in [-0.3, -0.25) is 9.59 Å². The molecule has 2 saturated heterocycles. The molecule has 2 aliphatic heterocycles. The number of anilines is 2. The largest absolute Gasteiger partial charge is 0.455 e. The molecule has 146 valence electrons. The number of carbonyl (C=O) groups excluding carboxylic acids is 2. The van der Waals surface area contributed by atoms with Crippen molar-refractivity contribution >= 4 is 51.6 Å². The maximum atomic E-state index is 12.0. The van der Waals surface area contributed by atoms with E-state index >= 15 is 0 Å². The average molecular weight is 408 g/mol. The van der Waals surface area contributed by atoms with Crippen LogP contribution in [-0.4, -0.2) is 59.6 Å². The zero-order valence-corrected chi connectivity index (χ0v) is 16.9. The smallest absolute Gasteiger partial charge is 0.316 e. The first kappa shape index (κ1) is 19.9. The van der Waals surface area contributed by atoms with E-state index in [2.05, 4.69) is 15.1 Å². The minimum atomic E-state index is -0.430. The van der Waals surface area contributed by atoms with Gasteiger partial charge in [-0.2, -0.15) is 0 Å². The van der Waals surface area contributed by atoms with Crippen molar-refractivity contribution in [3.8, 4) is 0 Å². The summed E-state index contributed by atoms with van der Waals surface area (Å²) >= 11 is 6.60. The lowest BCUT2D eigenvalue weighted by atomic mass is 10.2. The number of likely N-dealkylation sites (tertiary alicyclic amines) is 1. The van der Waals surface area contributed by atoms with Gasteiger partial charge < -0.3 is 19.9 Å². The number of benzene rings is 1. The maximum absolute atomic E-state index is 12.0. The van der Waals surface area contributed by atoms with Gasteiger partial charge in [0.05, 0.1) is 5.75 Å². The summed E-state index contributed by atoms with van der Waals surface area (Å²) in [6.45, 7) is 3.80. The van der Waals surface area contributed by atoms with E-state index < -0.39 is 5.97 Å². The topological polar surface area (TPSA) is 61.9 Å². The summed E-state index contributed by atoms with van der Waals surface area (Å²) in [6.07, 6.45) is 4.74. The lowest BCUT2D eigenvalue weighted by molar-refractivity contribution is -0.144. The fraction of sp³-hybridized carbons (Fsp3) is 0.526. The Labute approximate surface area is 169 Å². The second-order valence-corrected chi connectivity index (χ2v) is 8.31. The molecule has 1 N–H and O–H groups in total. The summed E-state index contributed by atoms with van der Waals surface area (Å²) in [4.78, 5) is 28.2. The highest BCUT2D eigenvalue weighted by Crippen LogP contribution is 2.22. The second kappa shape index (κ2) is 9.94. The molecular weight excluding hydrogens is 382 g/mol. The number of rotatable bonds is 6. The van der Waals surface area contributed by atoms with Crippen LogP contribution in [0, 0.1) is 0 Å². The maximum Gasteiger partial charge on any atom is 0.316 e. The highest BCUT2D eigenvalue weighted by atomic mass is 32.2. The number of hydrogen-bond donors (Lipinski definition) is 1. The molecule has 2 aliphatic rings. The van der Waals surface area contributed by atoms with E-state index in [1.807, 2.05) is 24.3 Å². The van der Waals surface area contributed by atoms with Crippen molar-refractivity contribution in [3.05, 3.63) is 24.3 Å². The number of thiocarbonyl (C=S) groups is 1. The Balaban J connectivity index is 1.35. The van der Waals surface area contributed by atoms with Crippen molar-refractivity contribution in [1.82, 2.24) is 4.90 Å². The van der Waals surface area contributed by atoms with Gasteiger partial charge in [-0.15, -0.1) is 0 Å². The Bertz CT molecular complexity index is 669. The van der Waals surface area contributed by atoms with Crippen LogP contribution in [0.25, 0.3) is 0 Å². The van der Waals surface area contributed by atoms with Crippen molar-refractivity contribution in [2.45, 2.75) is 25.7 Å². The second-order valence-electron chi connectivity index (χ2n) is 6.70. The predicted octanol–water partition coefficient (Wildman–Crippen LogP) is 2.88. The van der Waals surface area contributed by atoms with Gasteiger partial charge in [0.15, 0.2) is 6.61 Å². The number of esters is 1. The standard InChI is InChI=1S/C19H25N3O3S2/c23-17(13-25-18(24)14-27-19(26)22-11-3-4-12-22)20-15-5-7-16(8-6-15)21-9-1-2-10-21/h5-8H,1-4,9-14H2,(H,20,23). The van der Waals surface area contributed by atoms with Crippen LogP contribution in [-0.2, 0) is 14.3 Å². The number of thioether (sulfide) groups is 1. The summed E-state index contributed by atoms with van der Waals surface area (Å²) in [6, 6.07) is 7.75. The van der Waals surface area contributed by atoms with Gasteiger partial charge >= 0.3 is 5.97 Å². The lowest BCUT2D eigenvalue weighted by Crippen LogP contribution is -2.25. The van der Waals surface area contributed by atoms with E-state index in [4.69, 9.17) is 17.0 Å². The van der Waals surface area contributed by atoms with Crippen molar-refractivity contribution in [3.63, 3.8) is 0 Å². The average Bonchev–Trinajstić information content (AvgIpc) is 3.39. The fourth-order valence-corrected chi connectivity index (χ4v) is 4.28. The molecule has 1 aromatic carbocycles. The molecule has 0 radical (unpaired) electrons. The SMILES string of the molecule is O=C(COC(=O)CSC(=S)N1CCCC1)Nc1ccc(N2CCCC2)cc1. The summed E-state index contributed by atoms with van der Waals surface area (Å²) in [5, 5.41) is 2.75. The van der Waals surface area contributed by atoms with Gasteiger partial charge in [0, 0.05) is 37.6 Å². The number of carbonyl (C=O) groups is 2. The Morgan fingerprint density at radius 3 is 2.33 bits per heavy atom. The van der Waals surface area contributed by atoms with Gasteiger partial charge in [-0.1, -0.05) is 24.0 Å². The van der Waals surface area contributed by atoms with Crippen molar-refractivity contribution in [2.75, 3.05) is 48.8 Å². The van der Waals surface area contributed by atoms with Crippen LogP contribution in [0.2, 0.25) is 0 Å². The van der Waals surface area contributed by atoms with Crippen LogP contribution in [0.4, 0.5) is 11.4 Å². The molecule has 3 rings (SSSR count). The van der Waals surface area contributed by atoms with E-state index in [1.54, 1.807) is 0 Å². The van der Waals surface area contributed by atoms with E-state index in [1.165, 1.54) is 30.3 Å². The van der Waals surface area contributed by atoms with Crippen LogP contribution < -0.4 is 10.2 Å². The minimum absolute atomic E-state index is 0.132. The van der Waals surface area contributed by atoms with E-state index in [-0.39, 0.29) is 18.3 Å². The fourth-order valence-electron chi connectivity index (χ4n) is 3.23. The molecule has 0 bridgehead atoms. The molecule has 2 heterocycles. The molecular formula is C19H25N3O3S2. The number of hydrogen-bond acceptors (Lipinski definition) is 6. The first-order valence-electron chi connectivity index (χ1n) is 9.34. The normalized spacial score (nSPS) is 16.4. The van der Waals surface area contributed by atoms with Crippen molar-refractivity contribution in [1.29, 1.82) is 0 Å². The third-order valence-electron chi connectivity index (χ3n) is 4.66. The summed E-state index contributed by atoms with van der Waals surface area (Å²) in [5.74, 6) is -0.641. The summed E-state index contributed by atoms with van der Waals surface area (Å²) in [7, 11) is 0. The molecule has 2 fully saturated rings. The molecule has 0 saturated carbocycles. The lowest BCUT2D eigenvalue weighted by Gasteiger charge is -2.18. The number of nitrogens with one attached hydrogen (secondary N) is 1. The number of ether oxygens (including phenoxy) is 1. The van der Waals surface area contributed by atoms with Gasteiger partial charge in [-0.25, -0.2) is 0 Å². The number of nitrogens with zero attached hydrogens (tertiary/aromatic N) is 2. The van der Waals surface area contributed by atoms with Crippen LogP contribution >= 0.6 is 24.0 Å². The highest BCUT2D eigenvalue weighted by molar-refractivity contribution is 8.23. The van der Waals surface area contributed by atoms with Crippen molar-refractivity contribution in [2.24, 2.45) is 0 Å². The summed E-state index contributed by atoms with van der Waals surface area (Å²) < 4.78 is 5.76. The Kier molecular flexibility index (Phi) is 7.34. The van der Waals surface area contributed by atoms with Crippen LogP contribution in [0.3, 0.4) is 0 Å². The first-order chi connectivity index (χ1) is 13.1. The molecule has 1 amide bonds. The third kappa shape index (κ3) is 6.10. The van der Waals surface area contributed by atoms with E-state index in [0.29, 0.717) is 5.69 Å². The van der Waals surface area contributed by atoms with Crippen molar-refractivity contribution < 1.29 is 14.3 Å². The van der Waals surface area contributed by atoms with E-state index in [0.717, 1.165) is 43.3 Å². The number of amides is 1. The third-order valence-corrected chi connectivity index (χ3v) is 6.16. The van der Waals surface area contributed by atoms with Gasteiger partial charge in [0.1, 0.15) is 4.32 Å². The molecule has 0 unspecified atom stereocenters. The molecule has 1 aromatic rings. The van der Waals surface area contributed by atoms with Crippen LogP contribution in [0.15, 0.2) is 24.3 Å². The monoisotopic (exact) mass is 407 g/mol. The Morgan fingerprint density at radius 1 is 1.04 bits per heavy atom. The Hall–Kier alpha value is -1.80. The highest BCUT2D eigenvalue weighted by Gasteiger charge is 2.17. The van der Waals surface area contributed by atoms with E-state index in [9.17, 15) is 9.59 Å². The molecule has 0 aromatic heterocycles. The van der Waals surface area contributed by atoms with Gasteiger partial charge in [-0.05, 0) is 49.9 Å². The zero-order valence-electron chi connectivity index (χ0n) is 15.3. The molecule has 27 heavy (non-hydrogen) atoms. The molecule has 0 aliphatic carbocycles. The van der Waals surface area contributed by atoms with Gasteiger partial charge in [0.25, 0.3) is 5.91 Å². The first-order valence-corrected chi connectivity index (χ1v) is 10.7. The Morgan fingerprint density at radius 2 is 1.67 bits per heavy atom. The van der Waals surface area contributed by atoms with Crippen LogP contribution in [0.1, 0.15) is 25.7 Å². The molecule has 0 atom stereocenters. The predicted molar refractivity (Wildman–Crippen MR) is 113 cm³/mol. The van der Waals surface area contributed by atoms with Gasteiger partial charge in [0.2, 0.25) is 0 Å². The minimum Gasteiger partial charge on any atom is -0.455 e. The zero-order chi connectivity index (χ0) is 19.1.